The minimum atomic E-state index is 0.372. The molecule has 140 valence electrons. The Balaban J connectivity index is 1.75. The molecule has 0 radical (unpaired) electrons. The van der Waals surface area contributed by atoms with Gasteiger partial charge in [-0.15, -0.1) is 6.58 Å². The van der Waals surface area contributed by atoms with E-state index in [0.29, 0.717) is 6.10 Å². The Labute approximate surface area is 159 Å². The van der Waals surface area contributed by atoms with E-state index in [9.17, 15) is 0 Å². The van der Waals surface area contributed by atoms with Gasteiger partial charge in [-0.25, -0.2) is 0 Å². The van der Waals surface area contributed by atoms with Crippen molar-refractivity contribution in [1.29, 1.82) is 0 Å². The molecule has 1 unspecified atom stereocenters. The number of fused-ring (bicyclic) bond motifs is 1. The topological polar surface area (TPSA) is 22.1 Å². The molecule has 1 atom stereocenters. The second-order valence-electron chi connectivity index (χ2n) is 7.00. The van der Waals surface area contributed by atoms with Crippen LogP contribution in [0.5, 0.6) is 0 Å². The molecule has 0 aliphatic carbocycles. The minimum Gasteiger partial charge on any atom is -0.379 e. The summed E-state index contributed by atoms with van der Waals surface area (Å²) in [7, 11) is 0. The van der Waals surface area contributed by atoms with Crippen molar-refractivity contribution < 1.29 is 4.74 Å². The van der Waals surface area contributed by atoms with Gasteiger partial charge in [0, 0.05) is 30.3 Å². The second-order valence-corrected chi connectivity index (χ2v) is 7.00. The normalized spacial score (nSPS) is 12.7. The molecular formula is C24H33NO. The van der Waals surface area contributed by atoms with Crippen LogP contribution in [-0.4, -0.2) is 17.7 Å². The first kappa shape index (κ1) is 20.4. The molecule has 1 aromatic heterocycles. The maximum atomic E-state index is 5.85. The Kier molecular flexibility index (Phi) is 9.13. The van der Waals surface area contributed by atoms with Crippen molar-refractivity contribution in [2.24, 2.45) is 0 Å². The van der Waals surface area contributed by atoms with Gasteiger partial charge in [-0.05, 0) is 55.7 Å². The second kappa shape index (κ2) is 11.6. The first-order valence-electron chi connectivity index (χ1n) is 10.0. The number of hydrogen-bond donors (Lipinski definition) is 0. The smallest absolute Gasteiger partial charge is 0.0547 e. The zero-order valence-corrected chi connectivity index (χ0v) is 16.4. The number of hydrogen-bond acceptors (Lipinski definition) is 2. The van der Waals surface area contributed by atoms with E-state index in [1.165, 1.54) is 42.0 Å². The molecular weight excluding hydrogens is 318 g/mol. The highest BCUT2D eigenvalue weighted by atomic mass is 16.5. The fourth-order valence-corrected chi connectivity index (χ4v) is 3.03. The van der Waals surface area contributed by atoms with E-state index >= 15 is 0 Å². The van der Waals surface area contributed by atoms with Crippen LogP contribution in [0.15, 0.2) is 49.2 Å². The summed E-state index contributed by atoms with van der Waals surface area (Å²) >= 11 is 0. The minimum absolute atomic E-state index is 0.372. The molecule has 0 aliphatic heterocycles. The molecule has 2 heteroatoms. The summed E-state index contributed by atoms with van der Waals surface area (Å²) in [5.74, 6) is 0. The Morgan fingerprint density at radius 2 is 2.04 bits per heavy atom. The number of unbranched alkanes of at least 4 members (excludes halogenated alkanes) is 3. The number of pyridine rings is 1. The van der Waals surface area contributed by atoms with Gasteiger partial charge in [-0.2, -0.15) is 0 Å². The zero-order valence-electron chi connectivity index (χ0n) is 16.4. The van der Waals surface area contributed by atoms with Crippen LogP contribution in [0.2, 0.25) is 0 Å². The van der Waals surface area contributed by atoms with Crippen LogP contribution in [-0.2, 0) is 11.2 Å². The number of ether oxygens (including phenoxy) is 1. The van der Waals surface area contributed by atoms with Gasteiger partial charge in [0.25, 0.3) is 0 Å². The van der Waals surface area contributed by atoms with E-state index in [4.69, 9.17) is 4.74 Å². The molecule has 0 fully saturated rings. The van der Waals surface area contributed by atoms with E-state index in [2.05, 4.69) is 61.8 Å². The molecule has 0 bridgehead atoms. The van der Waals surface area contributed by atoms with Gasteiger partial charge < -0.3 is 4.74 Å². The standard InChI is InChI=1S/C24H33NO/c1-4-6-10-16-26-20(3)12-8-7-9-13-21-14-15-22-18-24(11-5-2)25-19-23(22)17-21/h5,9,13-15,17-20H,2,4,6-8,10-12,16H2,1,3H3/b13-9+. The lowest BCUT2D eigenvalue weighted by atomic mass is 10.1. The molecule has 0 saturated heterocycles. The molecule has 1 aromatic carbocycles. The third kappa shape index (κ3) is 7.13. The van der Waals surface area contributed by atoms with Gasteiger partial charge in [0.15, 0.2) is 0 Å². The van der Waals surface area contributed by atoms with Crippen LogP contribution in [0.3, 0.4) is 0 Å². The van der Waals surface area contributed by atoms with Crippen LogP contribution >= 0.6 is 0 Å². The van der Waals surface area contributed by atoms with Crippen molar-refractivity contribution in [1.82, 2.24) is 4.98 Å². The predicted molar refractivity (Wildman–Crippen MR) is 113 cm³/mol. The summed E-state index contributed by atoms with van der Waals surface area (Å²) in [4.78, 5) is 4.49. The summed E-state index contributed by atoms with van der Waals surface area (Å²) in [5, 5.41) is 2.43. The van der Waals surface area contributed by atoms with Crippen molar-refractivity contribution >= 4 is 16.8 Å². The number of rotatable bonds is 12. The van der Waals surface area contributed by atoms with Gasteiger partial charge in [0.1, 0.15) is 0 Å². The molecule has 2 aromatic rings. The van der Waals surface area contributed by atoms with Gasteiger partial charge >= 0.3 is 0 Å². The maximum absolute atomic E-state index is 5.85. The summed E-state index contributed by atoms with van der Waals surface area (Å²) in [6, 6.07) is 8.70. The van der Waals surface area contributed by atoms with E-state index in [0.717, 1.165) is 31.6 Å². The predicted octanol–water partition coefficient (Wildman–Crippen LogP) is 6.74. The zero-order chi connectivity index (χ0) is 18.6. The highest BCUT2D eigenvalue weighted by molar-refractivity contribution is 5.84. The Morgan fingerprint density at radius 1 is 1.15 bits per heavy atom. The summed E-state index contributed by atoms with van der Waals surface area (Å²) in [6.45, 7) is 9.09. The first-order valence-corrected chi connectivity index (χ1v) is 10.0. The van der Waals surface area contributed by atoms with Crippen molar-refractivity contribution in [3.63, 3.8) is 0 Å². The fourth-order valence-electron chi connectivity index (χ4n) is 3.03. The van der Waals surface area contributed by atoms with Crippen LogP contribution < -0.4 is 0 Å². The lowest BCUT2D eigenvalue weighted by Gasteiger charge is -2.12. The third-order valence-electron chi connectivity index (χ3n) is 4.60. The number of benzene rings is 1. The van der Waals surface area contributed by atoms with Crippen molar-refractivity contribution in [3.8, 4) is 0 Å². The number of allylic oxidation sites excluding steroid dienone is 2. The monoisotopic (exact) mass is 351 g/mol. The molecule has 2 rings (SSSR count). The highest BCUT2D eigenvalue weighted by Crippen LogP contribution is 2.18. The van der Waals surface area contributed by atoms with Gasteiger partial charge in [0.05, 0.1) is 6.10 Å². The van der Waals surface area contributed by atoms with Crippen LogP contribution in [0.25, 0.3) is 16.8 Å². The largest absolute Gasteiger partial charge is 0.379 e. The molecule has 0 saturated carbocycles. The third-order valence-corrected chi connectivity index (χ3v) is 4.60. The SMILES string of the molecule is C=CCc1cc2ccc(/C=C/CCCC(C)OCCCCC)cc2cn1. The van der Waals surface area contributed by atoms with Gasteiger partial charge in [-0.3, -0.25) is 4.98 Å². The average Bonchev–Trinajstić information content (AvgIpc) is 2.65. The summed E-state index contributed by atoms with van der Waals surface area (Å²) in [6.07, 6.45) is 16.6. The Bertz CT molecular complexity index is 704. The number of nitrogens with zero attached hydrogens (tertiary/aromatic N) is 1. The highest BCUT2D eigenvalue weighted by Gasteiger charge is 2.01. The van der Waals surface area contributed by atoms with Gasteiger partial charge in [0.2, 0.25) is 0 Å². The maximum Gasteiger partial charge on any atom is 0.0547 e. The van der Waals surface area contributed by atoms with Crippen LogP contribution in [0, 0.1) is 0 Å². The quantitative estimate of drug-likeness (QED) is 0.312. The number of aromatic nitrogens is 1. The molecule has 0 spiro atoms. The van der Waals surface area contributed by atoms with E-state index in [1.54, 1.807) is 0 Å². The summed E-state index contributed by atoms with van der Waals surface area (Å²) < 4.78 is 5.85. The Hall–Kier alpha value is -1.93. The first-order chi connectivity index (χ1) is 12.7. The average molecular weight is 352 g/mol. The fraction of sp³-hybridized carbons (Fsp3) is 0.458. The molecule has 2 nitrogen and oxygen atoms in total. The lowest BCUT2D eigenvalue weighted by Crippen LogP contribution is -2.08. The van der Waals surface area contributed by atoms with E-state index in [1.807, 2.05) is 12.3 Å². The Morgan fingerprint density at radius 3 is 2.85 bits per heavy atom. The van der Waals surface area contributed by atoms with Gasteiger partial charge in [-0.1, -0.05) is 50.1 Å². The lowest BCUT2D eigenvalue weighted by molar-refractivity contribution is 0.0566. The molecule has 1 heterocycles. The van der Waals surface area contributed by atoms with Crippen LogP contribution in [0.4, 0.5) is 0 Å². The van der Waals surface area contributed by atoms with Crippen molar-refractivity contribution in [3.05, 3.63) is 60.5 Å². The molecule has 26 heavy (non-hydrogen) atoms. The molecule has 0 aliphatic rings. The van der Waals surface area contributed by atoms with Crippen molar-refractivity contribution in [2.45, 2.75) is 64.9 Å². The van der Waals surface area contributed by atoms with Crippen LogP contribution in [0.1, 0.15) is 63.6 Å². The molecule has 0 N–H and O–H groups in total. The molecule has 0 amide bonds. The van der Waals surface area contributed by atoms with Crippen molar-refractivity contribution in [2.75, 3.05) is 6.61 Å². The summed E-state index contributed by atoms with van der Waals surface area (Å²) in [5.41, 5.74) is 2.31. The van der Waals surface area contributed by atoms with E-state index in [-0.39, 0.29) is 0 Å². The van der Waals surface area contributed by atoms with E-state index < -0.39 is 0 Å².